The number of hydrogen-bond acceptors (Lipinski definition) is 5. The van der Waals surface area contributed by atoms with Crippen LogP contribution in [0.1, 0.15) is 30.9 Å². The molecule has 3 heterocycles. The van der Waals surface area contributed by atoms with Crippen LogP contribution in [0, 0.1) is 5.92 Å². The van der Waals surface area contributed by atoms with Gasteiger partial charge in [-0.25, -0.2) is 0 Å². The Kier molecular flexibility index (Phi) is 4.69. The first-order chi connectivity index (χ1) is 14.6. The van der Waals surface area contributed by atoms with Gasteiger partial charge in [0.05, 0.1) is 12.1 Å². The van der Waals surface area contributed by atoms with Crippen molar-refractivity contribution in [2.24, 2.45) is 5.92 Å². The first-order valence-electron chi connectivity index (χ1n) is 10.4. The van der Waals surface area contributed by atoms with Crippen molar-refractivity contribution in [2.45, 2.75) is 26.3 Å². The number of piperidine rings is 1. The molecule has 6 heteroatoms. The van der Waals surface area contributed by atoms with Crippen LogP contribution in [-0.2, 0) is 16.1 Å². The van der Waals surface area contributed by atoms with Crippen molar-refractivity contribution in [3.05, 3.63) is 65.4 Å². The van der Waals surface area contributed by atoms with E-state index in [-0.39, 0.29) is 25.2 Å². The van der Waals surface area contributed by atoms with E-state index in [1.54, 1.807) is 0 Å². The smallest absolute Gasteiger partial charge is 0.278 e. The maximum absolute atomic E-state index is 13.5. The SMILES string of the molecule is CC1CCN(C2=C(c3ccccc3)C(=O)N(Cc3ccc4c(c3)OCO4)C2=O)CC1. The zero-order valence-electron chi connectivity index (χ0n) is 17.0. The second kappa shape index (κ2) is 7.52. The Hall–Kier alpha value is -3.28. The number of rotatable bonds is 4. The number of ether oxygens (including phenoxy) is 2. The number of carbonyl (C=O) groups excluding carboxylic acids is 2. The fourth-order valence-corrected chi connectivity index (χ4v) is 4.32. The topological polar surface area (TPSA) is 59.1 Å². The zero-order valence-corrected chi connectivity index (χ0v) is 17.0. The van der Waals surface area contributed by atoms with Gasteiger partial charge >= 0.3 is 0 Å². The molecule has 0 aliphatic carbocycles. The zero-order chi connectivity index (χ0) is 20.7. The van der Waals surface area contributed by atoms with E-state index in [1.165, 1.54) is 4.90 Å². The summed E-state index contributed by atoms with van der Waals surface area (Å²) < 4.78 is 10.8. The molecule has 0 spiro atoms. The molecule has 5 rings (SSSR count). The van der Waals surface area contributed by atoms with Crippen molar-refractivity contribution in [1.29, 1.82) is 0 Å². The average molecular weight is 404 g/mol. The number of fused-ring (bicyclic) bond motifs is 1. The summed E-state index contributed by atoms with van der Waals surface area (Å²) in [6.07, 6.45) is 2.05. The van der Waals surface area contributed by atoms with Gasteiger partial charge in [0.2, 0.25) is 6.79 Å². The molecule has 2 aromatic carbocycles. The molecule has 2 amide bonds. The maximum atomic E-state index is 13.5. The minimum atomic E-state index is -0.238. The lowest BCUT2D eigenvalue weighted by Gasteiger charge is -2.32. The molecule has 3 aliphatic rings. The monoisotopic (exact) mass is 404 g/mol. The molecule has 0 N–H and O–H groups in total. The first-order valence-corrected chi connectivity index (χ1v) is 10.4. The summed E-state index contributed by atoms with van der Waals surface area (Å²) in [5.74, 6) is 1.51. The predicted octanol–water partition coefficient (Wildman–Crippen LogP) is 3.43. The molecule has 1 saturated heterocycles. The highest BCUT2D eigenvalue weighted by molar-refractivity contribution is 6.35. The summed E-state index contributed by atoms with van der Waals surface area (Å²) in [6, 6.07) is 15.0. The van der Waals surface area contributed by atoms with Gasteiger partial charge in [-0.05, 0) is 42.0 Å². The lowest BCUT2D eigenvalue weighted by Crippen LogP contribution is -2.38. The van der Waals surface area contributed by atoms with Crippen molar-refractivity contribution >= 4 is 17.4 Å². The van der Waals surface area contributed by atoms with Crippen molar-refractivity contribution in [2.75, 3.05) is 19.9 Å². The molecule has 154 valence electrons. The van der Waals surface area contributed by atoms with Crippen LogP contribution in [0.15, 0.2) is 54.2 Å². The van der Waals surface area contributed by atoms with Gasteiger partial charge in [0.15, 0.2) is 11.5 Å². The normalized spacial score (nSPS) is 19.2. The minimum Gasteiger partial charge on any atom is -0.454 e. The van der Waals surface area contributed by atoms with E-state index in [9.17, 15) is 9.59 Å². The Morgan fingerprint density at radius 2 is 1.67 bits per heavy atom. The van der Waals surface area contributed by atoms with Gasteiger partial charge in [0.1, 0.15) is 5.70 Å². The number of benzene rings is 2. The molecule has 1 fully saturated rings. The summed E-state index contributed by atoms with van der Waals surface area (Å²) in [5.41, 5.74) is 2.68. The standard InChI is InChI=1S/C24H24N2O4/c1-16-9-11-25(12-10-16)22-21(18-5-3-2-4-6-18)23(27)26(24(22)28)14-17-7-8-19-20(13-17)30-15-29-19/h2-8,13,16H,9-12,14-15H2,1H3. The van der Waals surface area contributed by atoms with E-state index >= 15 is 0 Å². The molecule has 3 aliphatic heterocycles. The maximum Gasteiger partial charge on any atom is 0.278 e. The van der Waals surface area contributed by atoms with Gasteiger partial charge in [0.25, 0.3) is 11.8 Å². The Bertz CT molecular complexity index is 1020. The molecule has 30 heavy (non-hydrogen) atoms. The predicted molar refractivity (Wildman–Crippen MR) is 111 cm³/mol. The Morgan fingerprint density at radius 3 is 2.43 bits per heavy atom. The molecule has 0 radical (unpaired) electrons. The summed E-state index contributed by atoms with van der Waals surface area (Å²) in [4.78, 5) is 30.4. The Balaban J connectivity index is 1.48. The summed E-state index contributed by atoms with van der Waals surface area (Å²) in [7, 11) is 0. The van der Waals surface area contributed by atoms with Crippen LogP contribution in [0.4, 0.5) is 0 Å². The summed E-state index contributed by atoms with van der Waals surface area (Å²) in [6.45, 7) is 4.22. The highest BCUT2D eigenvalue weighted by atomic mass is 16.7. The van der Waals surface area contributed by atoms with E-state index in [2.05, 4.69) is 11.8 Å². The molecule has 0 saturated carbocycles. The van der Waals surface area contributed by atoms with Gasteiger partial charge in [-0.3, -0.25) is 14.5 Å². The quantitative estimate of drug-likeness (QED) is 0.731. The van der Waals surface area contributed by atoms with Crippen molar-refractivity contribution in [3.8, 4) is 11.5 Å². The van der Waals surface area contributed by atoms with Crippen LogP contribution in [0.3, 0.4) is 0 Å². The third-order valence-corrected chi connectivity index (χ3v) is 6.08. The lowest BCUT2D eigenvalue weighted by atomic mass is 9.97. The van der Waals surface area contributed by atoms with Gasteiger partial charge in [0, 0.05) is 13.1 Å². The van der Waals surface area contributed by atoms with Gasteiger partial charge < -0.3 is 14.4 Å². The number of imide groups is 1. The lowest BCUT2D eigenvalue weighted by molar-refractivity contribution is -0.138. The van der Waals surface area contributed by atoms with Gasteiger partial charge in [-0.1, -0.05) is 43.3 Å². The van der Waals surface area contributed by atoms with E-state index in [0.29, 0.717) is 28.7 Å². The third kappa shape index (κ3) is 3.22. The molecule has 0 bridgehead atoms. The number of hydrogen-bond donors (Lipinski definition) is 0. The molecule has 6 nitrogen and oxygen atoms in total. The van der Waals surface area contributed by atoms with Crippen LogP contribution < -0.4 is 9.47 Å². The van der Waals surface area contributed by atoms with E-state index in [1.807, 2.05) is 48.5 Å². The molecular weight excluding hydrogens is 380 g/mol. The average Bonchev–Trinajstić information content (AvgIpc) is 3.33. The Labute approximate surface area is 175 Å². The highest BCUT2D eigenvalue weighted by Gasteiger charge is 2.42. The van der Waals surface area contributed by atoms with Crippen molar-refractivity contribution in [3.63, 3.8) is 0 Å². The van der Waals surface area contributed by atoms with E-state index < -0.39 is 0 Å². The fourth-order valence-electron chi connectivity index (χ4n) is 4.32. The number of likely N-dealkylation sites (tertiary alicyclic amines) is 1. The van der Waals surface area contributed by atoms with Crippen LogP contribution in [0.5, 0.6) is 11.5 Å². The molecule has 0 unspecified atom stereocenters. The van der Waals surface area contributed by atoms with Gasteiger partial charge in [-0.15, -0.1) is 0 Å². The Morgan fingerprint density at radius 1 is 0.933 bits per heavy atom. The largest absolute Gasteiger partial charge is 0.454 e. The van der Waals surface area contributed by atoms with E-state index in [0.717, 1.165) is 37.1 Å². The summed E-state index contributed by atoms with van der Waals surface area (Å²) >= 11 is 0. The molecular formula is C24H24N2O4. The van der Waals surface area contributed by atoms with E-state index in [4.69, 9.17) is 9.47 Å². The fraction of sp³-hybridized carbons (Fsp3) is 0.333. The summed E-state index contributed by atoms with van der Waals surface area (Å²) in [5, 5.41) is 0. The van der Waals surface area contributed by atoms with Crippen LogP contribution >= 0.6 is 0 Å². The second-order valence-electron chi connectivity index (χ2n) is 8.14. The van der Waals surface area contributed by atoms with Crippen LogP contribution in [0.2, 0.25) is 0 Å². The third-order valence-electron chi connectivity index (χ3n) is 6.08. The molecule has 2 aromatic rings. The van der Waals surface area contributed by atoms with Crippen LogP contribution in [0.25, 0.3) is 5.57 Å². The van der Waals surface area contributed by atoms with Gasteiger partial charge in [-0.2, -0.15) is 0 Å². The second-order valence-corrected chi connectivity index (χ2v) is 8.14. The van der Waals surface area contributed by atoms with Crippen LogP contribution in [-0.4, -0.2) is 41.5 Å². The minimum absolute atomic E-state index is 0.192. The number of nitrogens with zero attached hydrogens (tertiary/aromatic N) is 2. The highest BCUT2D eigenvalue weighted by Crippen LogP contribution is 2.36. The molecule has 0 atom stereocenters. The number of amides is 2. The van der Waals surface area contributed by atoms with Crippen molar-refractivity contribution in [1.82, 2.24) is 9.80 Å². The number of carbonyl (C=O) groups is 2. The molecule has 0 aromatic heterocycles. The first kappa shape index (κ1) is 18.7. The van der Waals surface area contributed by atoms with Crippen molar-refractivity contribution < 1.29 is 19.1 Å².